The predicted octanol–water partition coefficient (Wildman–Crippen LogP) is 1.90. The highest BCUT2D eigenvalue weighted by atomic mass is 16.5. The third-order valence-corrected chi connectivity index (χ3v) is 3.80. The minimum atomic E-state index is -0.213. The zero-order valence-electron chi connectivity index (χ0n) is 13.8. The van der Waals surface area contributed by atoms with E-state index < -0.39 is 0 Å². The molecule has 1 aromatic carbocycles. The van der Waals surface area contributed by atoms with Gasteiger partial charge in [-0.15, -0.1) is 0 Å². The number of urea groups is 1. The second kappa shape index (κ2) is 8.41. The van der Waals surface area contributed by atoms with Crippen molar-refractivity contribution in [3.05, 3.63) is 29.8 Å². The highest BCUT2D eigenvalue weighted by Gasteiger charge is 2.19. The molecule has 0 unspecified atom stereocenters. The summed E-state index contributed by atoms with van der Waals surface area (Å²) in [5, 5.41) is 5.62. The van der Waals surface area contributed by atoms with Gasteiger partial charge in [-0.25, -0.2) is 4.79 Å². The smallest absolute Gasteiger partial charge is 0.318 e. The van der Waals surface area contributed by atoms with Gasteiger partial charge in [-0.05, 0) is 37.5 Å². The fourth-order valence-electron chi connectivity index (χ4n) is 2.31. The number of benzene rings is 1. The van der Waals surface area contributed by atoms with Crippen LogP contribution < -0.4 is 15.4 Å². The van der Waals surface area contributed by atoms with Gasteiger partial charge >= 0.3 is 6.03 Å². The van der Waals surface area contributed by atoms with Crippen molar-refractivity contribution in [2.45, 2.75) is 39.3 Å². The molecule has 1 heterocycles. The van der Waals surface area contributed by atoms with Crippen LogP contribution in [0.2, 0.25) is 0 Å². The van der Waals surface area contributed by atoms with Crippen LogP contribution in [0.1, 0.15) is 32.3 Å². The number of rotatable bonds is 5. The van der Waals surface area contributed by atoms with Crippen molar-refractivity contribution in [1.82, 2.24) is 15.5 Å². The molecule has 3 amide bonds. The van der Waals surface area contributed by atoms with Crippen molar-refractivity contribution < 1.29 is 14.3 Å². The molecule has 6 nitrogen and oxygen atoms in total. The van der Waals surface area contributed by atoms with E-state index in [9.17, 15) is 9.59 Å². The molecule has 1 aromatic rings. The van der Waals surface area contributed by atoms with Gasteiger partial charge in [0, 0.05) is 19.6 Å². The number of carbonyl (C=O) groups is 2. The van der Waals surface area contributed by atoms with Crippen LogP contribution in [0.15, 0.2) is 24.3 Å². The van der Waals surface area contributed by atoms with Crippen LogP contribution in [0.25, 0.3) is 0 Å². The van der Waals surface area contributed by atoms with Crippen LogP contribution >= 0.6 is 0 Å². The average molecular weight is 319 g/mol. The Morgan fingerprint density at radius 2 is 2.30 bits per heavy atom. The Labute approximate surface area is 137 Å². The van der Waals surface area contributed by atoms with Gasteiger partial charge in [-0.3, -0.25) is 4.79 Å². The van der Waals surface area contributed by atoms with Crippen molar-refractivity contribution >= 4 is 11.9 Å². The van der Waals surface area contributed by atoms with Gasteiger partial charge in [0.05, 0.1) is 6.10 Å². The van der Waals surface area contributed by atoms with E-state index in [1.807, 2.05) is 31.2 Å². The van der Waals surface area contributed by atoms with E-state index in [4.69, 9.17) is 4.74 Å². The standard InChI is InChI=1S/C17H25N3O3/c1-3-13(2)23-15-7-4-6-14(10-15)11-19-17(22)20-9-5-8-18-16(21)12-20/h4,6-7,10,13H,3,5,8-9,11-12H2,1-2H3,(H,18,21)(H,19,22)/t13-/m1/s1. The molecule has 0 aromatic heterocycles. The van der Waals surface area contributed by atoms with E-state index in [1.165, 1.54) is 0 Å². The van der Waals surface area contributed by atoms with Crippen molar-refractivity contribution in [1.29, 1.82) is 0 Å². The molecular formula is C17H25N3O3. The van der Waals surface area contributed by atoms with Gasteiger partial charge in [-0.1, -0.05) is 19.1 Å². The monoisotopic (exact) mass is 319 g/mol. The summed E-state index contributed by atoms with van der Waals surface area (Å²) in [6.07, 6.45) is 1.88. The number of ether oxygens (including phenoxy) is 1. The summed E-state index contributed by atoms with van der Waals surface area (Å²) in [4.78, 5) is 25.2. The van der Waals surface area contributed by atoms with E-state index >= 15 is 0 Å². The van der Waals surface area contributed by atoms with Gasteiger partial charge < -0.3 is 20.3 Å². The van der Waals surface area contributed by atoms with Gasteiger partial charge in [0.15, 0.2) is 0 Å². The first kappa shape index (κ1) is 17.1. The van der Waals surface area contributed by atoms with Gasteiger partial charge in [-0.2, -0.15) is 0 Å². The first-order chi connectivity index (χ1) is 11.1. The Kier molecular flexibility index (Phi) is 6.26. The Hall–Kier alpha value is -2.24. The molecule has 1 atom stereocenters. The number of nitrogens with one attached hydrogen (secondary N) is 2. The SMILES string of the molecule is CC[C@@H](C)Oc1cccc(CNC(=O)N2CCCNC(=O)C2)c1. The summed E-state index contributed by atoms with van der Waals surface area (Å²) in [7, 11) is 0. The van der Waals surface area contributed by atoms with E-state index in [1.54, 1.807) is 4.90 Å². The van der Waals surface area contributed by atoms with E-state index in [0.717, 1.165) is 24.2 Å². The minimum Gasteiger partial charge on any atom is -0.491 e. The average Bonchev–Trinajstić information content (AvgIpc) is 2.77. The summed E-state index contributed by atoms with van der Waals surface area (Å²) >= 11 is 0. The molecule has 1 saturated heterocycles. The summed E-state index contributed by atoms with van der Waals surface area (Å²) in [5.41, 5.74) is 0.971. The molecule has 1 aliphatic rings. The number of amides is 3. The number of nitrogens with zero attached hydrogens (tertiary/aromatic N) is 1. The third kappa shape index (κ3) is 5.47. The zero-order valence-corrected chi connectivity index (χ0v) is 13.8. The molecule has 0 spiro atoms. The lowest BCUT2D eigenvalue weighted by atomic mass is 10.2. The zero-order chi connectivity index (χ0) is 16.7. The lowest BCUT2D eigenvalue weighted by Gasteiger charge is -2.20. The van der Waals surface area contributed by atoms with Crippen LogP contribution in [0.5, 0.6) is 5.75 Å². The molecule has 126 valence electrons. The Balaban J connectivity index is 1.88. The number of carbonyl (C=O) groups excluding carboxylic acids is 2. The highest BCUT2D eigenvalue weighted by molar-refractivity contribution is 5.84. The predicted molar refractivity (Wildman–Crippen MR) is 88.3 cm³/mol. The first-order valence-electron chi connectivity index (χ1n) is 8.13. The fraction of sp³-hybridized carbons (Fsp3) is 0.529. The van der Waals surface area contributed by atoms with E-state index in [-0.39, 0.29) is 24.6 Å². The lowest BCUT2D eigenvalue weighted by molar-refractivity contribution is -0.121. The first-order valence-corrected chi connectivity index (χ1v) is 8.13. The fourth-order valence-corrected chi connectivity index (χ4v) is 2.31. The van der Waals surface area contributed by atoms with Gasteiger partial charge in [0.25, 0.3) is 0 Å². The Bertz CT molecular complexity index is 548. The molecule has 2 rings (SSSR count). The summed E-state index contributed by atoms with van der Waals surface area (Å²) in [5.74, 6) is 0.696. The maximum absolute atomic E-state index is 12.2. The molecule has 0 saturated carbocycles. The molecule has 0 aliphatic carbocycles. The topological polar surface area (TPSA) is 70.7 Å². The molecule has 1 fully saturated rings. The summed E-state index contributed by atoms with van der Waals surface area (Å²) in [6, 6.07) is 7.49. The quantitative estimate of drug-likeness (QED) is 0.871. The van der Waals surface area contributed by atoms with Crippen LogP contribution in [0.3, 0.4) is 0 Å². The maximum atomic E-state index is 12.2. The van der Waals surface area contributed by atoms with Crippen molar-refractivity contribution in [3.8, 4) is 5.75 Å². The van der Waals surface area contributed by atoms with Crippen molar-refractivity contribution in [2.24, 2.45) is 0 Å². The molecule has 1 aliphatic heterocycles. The number of hydrogen-bond acceptors (Lipinski definition) is 3. The molecule has 0 radical (unpaired) electrons. The summed E-state index contributed by atoms with van der Waals surface area (Å²) < 4.78 is 5.78. The lowest BCUT2D eigenvalue weighted by Crippen LogP contribution is -2.43. The largest absolute Gasteiger partial charge is 0.491 e. The molecule has 6 heteroatoms. The van der Waals surface area contributed by atoms with E-state index in [2.05, 4.69) is 17.6 Å². The minimum absolute atomic E-state index is 0.110. The van der Waals surface area contributed by atoms with Gasteiger partial charge in [0.1, 0.15) is 12.3 Å². The van der Waals surface area contributed by atoms with Crippen molar-refractivity contribution in [2.75, 3.05) is 19.6 Å². The highest BCUT2D eigenvalue weighted by Crippen LogP contribution is 2.16. The van der Waals surface area contributed by atoms with Crippen LogP contribution in [0, 0.1) is 0 Å². The Morgan fingerprint density at radius 3 is 3.09 bits per heavy atom. The van der Waals surface area contributed by atoms with Gasteiger partial charge in [0.2, 0.25) is 5.91 Å². The van der Waals surface area contributed by atoms with Crippen LogP contribution in [-0.2, 0) is 11.3 Å². The second-order valence-electron chi connectivity index (χ2n) is 5.77. The molecule has 2 N–H and O–H groups in total. The van der Waals surface area contributed by atoms with Crippen molar-refractivity contribution in [3.63, 3.8) is 0 Å². The normalized spacial score (nSPS) is 16.3. The molecule has 23 heavy (non-hydrogen) atoms. The summed E-state index contributed by atoms with van der Waals surface area (Å²) in [6.45, 7) is 5.84. The van der Waals surface area contributed by atoms with E-state index in [0.29, 0.717) is 19.6 Å². The molecular weight excluding hydrogens is 294 g/mol. The van der Waals surface area contributed by atoms with Crippen LogP contribution in [-0.4, -0.2) is 42.6 Å². The maximum Gasteiger partial charge on any atom is 0.318 e. The Morgan fingerprint density at radius 1 is 1.48 bits per heavy atom. The second-order valence-corrected chi connectivity index (χ2v) is 5.77. The van der Waals surface area contributed by atoms with Crippen LogP contribution in [0.4, 0.5) is 4.79 Å². The number of hydrogen-bond donors (Lipinski definition) is 2. The third-order valence-electron chi connectivity index (χ3n) is 3.80. The molecule has 0 bridgehead atoms.